The van der Waals surface area contributed by atoms with Crippen molar-refractivity contribution in [3.63, 3.8) is 0 Å². The predicted molar refractivity (Wildman–Crippen MR) is 119 cm³/mol. The third kappa shape index (κ3) is 6.15. The SMILES string of the molecule is CCCNC(=O)c1cc(NC(=O)Nc2cccc(C(F)(F)F)c2)ccc1N1CCCCC1. The molecule has 3 N–H and O–H groups in total. The summed E-state index contributed by atoms with van der Waals surface area (Å²) in [6.07, 6.45) is -0.449. The number of amides is 3. The second-order valence-electron chi connectivity index (χ2n) is 7.69. The quantitative estimate of drug-likeness (QED) is 0.548. The van der Waals surface area contributed by atoms with Crippen molar-refractivity contribution in [3.8, 4) is 0 Å². The van der Waals surface area contributed by atoms with Crippen LogP contribution in [0.25, 0.3) is 0 Å². The molecule has 172 valence electrons. The van der Waals surface area contributed by atoms with E-state index >= 15 is 0 Å². The summed E-state index contributed by atoms with van der Waals surface area (Å²) in [7, 11) is 0. The lowest BCUT2D eigenvalue weighted by atomic mass is 10.1. The molecule has 0 aromatic heterocycles. The highest BCUT2D eigenvalue weighted by Gasteiger charge is 2.30. The minimum Gasteiger partial charge on any atom is -0.371 e. The zero-order valence-corrected chi connectivity index (χ0v) is 17.9. The van der Waals surface area contributed by atoms with E-state index in [-0.39, 0.29) is 11.6 Å². The molecule has 1 heterocycles. The third-order valence-corrected chi connectivity index (χ3v) is 5.18. The van der Waals surface area contributed by atoms with Crippen LogP contribution in [0.1, 0.15) is 48.5 Å². The molecule has 0 bridgehead atoms. The molecule has 3 amide bonds. The van der Waals surface area contributed by atoms with Gasteiger partial charge < -0.3 is 20.9 Å². The molecule has 0 saturated carbocycles. The monoisotopic (exact) mass is 448 g/mol. The summed E-state index contributed by atoms with van der Waals surface area (Å²) in [5, 5.41) is 7.87. The number of rotatable bonds is 6. The Bertz CT molecular complexity index is 956. The van der Waals surface area contributed by atoms with E-state index in [0.717, 1.165) is 56.6 Å². The zero-order chi connectivity index (χ0) is 23.1. The van der Waals surface area contributed by atoms with Gasteiger partial charge in [0.2, 0.25) is 0 Å². The van der Waals surface area contributed by atoms with Crippen LogP contribution < -0.4 is 20.9 Å². The summed E-state index contributed by atoms with van der Waals surface area (Å²) in [6, 6.07) is 8.78. The Kier molecular flexibility index (Phi) is 7.61. The number of hydrogen-bond donors (Lipinski definition) is 3. The molecule has 3 rings (SSSR count). The van der Waals surface area contributed by atoms with Gasteiger partial charge in [-0.15, -0.1) is 0 Å². The van der Waals surface area contributed by atoms with E-state index in [4.69, 9.17) is 0 Å². The van der Waals surface area contributed by atoms with Crippen molar-refractivity contribution in [3.05, 3.63) is 53.6 Å². The molecule has 0 atom stereocenters. The van der Waals surface area contributed by atoms with Gasteiger partial charge in [-0.2, -0.15) is 13.2 Å². The van der Waals surface area contributed by atoms with Crippen molar-refractivity contribution in [2.45, 2.75) is 38.8 Å². The number of carbonyl (C=O) groups is 2. The molecular weight excluding hydrogens is 421 g/mol. The molecule has 9 heteroatoms. The Labute approximate surface area is 185 Å². The van der Waals surface area contributed by atoms with Gasteiger partial charge in [-0.1, -0.05) is 13.0 Å². The standard InChI is InChI=1S/C23H27F3N4O2/c1-2-11-27-21(31)19-15-18(9-10-20(19)30-12-4-3-5-13-30)29-22(32)28-17-8-6-7-16(14-17)23(24,25)26/h6-10,14-15H,2-5,11-13H2,1H3,(H,27,31)(H2,28,29,32). The lowest BCUT2D eigenvalue weighted by Gasteiger charge is -2.30. The fraction of sp³-hybridized carbons (Fsp3) is 0.391. The van der Waals surface area contributed by atoms with Gasteiger partial charge in [0, 0.05) is 36.7 Å². The van der Waals surface area contributed by atoms with Gasteiger partial charge in [-0.05, 0) is 62.1 Å². The summed E-state index contributed by atoms with van der Waals surface area (Å²) in [5.41, 5.74) is 0.801. The van der Waals surface area contributed by atoms with Gasteiger partial charge in [0.1, 0.15) is 0 Å². The van der Waals surface area contributed by atoms with Gasteiger partial charge in [0.25, 0.3) is 5.91 Å². The van der Waals surface area contributed by atoms with Gasteiger partial charge in [-0.3, -0.25) is 4.79 Å². The van der Waals surface area contributed by atoms with Gasteiger partial charge >= 0.3 is 12.2 Å². The highest BCUT2D eigenvalue weighted by atomic mass is 19.4. The summed E-state index contributed by atoms with van der Waals surface area (Å²) in [5.74, 6) is -0.227. The first kappa shape index (κ1) is 23.4. The second kappa shape index (κ2) is 10.4. The second-order valence-corrected chi connectivity index (χ2v) is 7.69. The predicted octanol–water partition coefficient (Wildman–Crippen LogP) is 5.48. The van der Waals surface area contributed by atoms with Crippen LogP contribution in [0.4, 0.5) is 35.0 Å². The Morgan fingerprint density at radius 3 is 2.31 bits per heavy atom. The van der Waals surface area contributed by atoms with E-state index in [1.54, 1.807) is 18.2 Å². The summed E-state index contributed by atoms with van der Waals surface area (Å²) < 4.78 is 38.6. The van der Waals surface area contributed by atoms with Crippen LogP contribution in [0.2, 0.25) is 0 Å². The normalized spacial score (nSPS) is 14.1. The number of anilines is 3. The first-order valence-corrected chi connectivity index (χ1v) is 10.7. The average molecular weight is 448 g/mol. The molecule has 6 nitrogen and oxygen atoms in total. The first-order valence-electron chi connectivity index (χ1n) is 10.7. The Hall–Kier alpha value is -3.23. The summed E-state index contributed by atoms with van der Waals surface area (Å²) in [6.45, 7) is 4.21. The number of carbonyl (C=O) groups excluding carboxylic acids is 2. The molecule has 32 heavy (non-hydrogen) atoms. The van der Waals surface area contributed by atoms with Gasteiger partial charge in [0.05, 0.1) is 11.1 Å². The minimum absolute atomic E-state index is 0.0168. The average Bonchev–Trinajstić information content (AvgIpc) is 2.77. The number of piperidine rings is 1. The fourth-order valence-corrected chi connectivity index (χ4v) is 3.61. The van der Waals surface area contributed by atoms with Gasteiger partial charge in [-0.25, -0.2) is 4.79 Å². The molecule has 2 aromatic rings. The van der Waals surface area contributed by atoms with Crippen LogP contribution in [0.3, 0.4) is 0 Å². The van der Waals surface area contributed by atoms with Gasteiger partial charge in [0.15, 0.2) is 0 Å². The first-order chi connectivity index (χ1) is 15.3. The van der Waals surface area contributed by atoms with Crippen LogP contribution in [0, 0.1) is 0 Å². The van der Waals surface area contributed by atoms with Crippen LogP contribution in [0.15, 0.2) is 42.5 Å². The Balaban J connectivity index is 1.77. The van der Waals surface area contributed by atoms with Crippen LogP contribution in [-0.2, 0) is 6.18 Å². The van der Waals surface area contributed by atoms with Crippen molar-refractivity contribution < 1.29 is 22.8 Å². The molecular formula is C23H27F3N4O2. The van der Waals surface area contributed by atoms with E-state index in [9.17, 15) is 22.8 Å². The molecule has 0 spiro atoms. The van der Waals surface area contributed by atoms with E-state index in [0.29, 0.717) is 17.8 Å². The fourth-order valence-electron chi connectivity index (χ4n) is 3.61. The topological polar surface area (TPSA) is 73.5 Å². The Morgan fingerprint density at radius 1 is 0.969 bits per heavy atom. The van der Waals surface area contributed by atoms with Crippen molar-refractivity contribution in [2.75, 3.05) is 35.2 Å². The smallest absolute Gasteiger partial charge is 0.371 e. The summed E-state index contributed by atoms with van der Waals surface area (Å²) in [4.78, 5) is 27.3. The van der Waals surface area contributed by atoms with Crippen LogP contribution in [0.5, 0.6) is 0 Å². The molecule has 0 aliphatic carbocycles. The highest BCUT2D eigenvalue weighted by Crippen LogP contribution is 2.31. The summed E-state index contributed by atoms with van der Waals surface area (Å²) >= 11 is 0. The molecule has 1 fully saturated rings. The number of nitrogens with one attached hydrogen (secondary N) is 3. The molecule has 2 aromatic carbocycles. The molecule has 1 saturated heterocycles. The lowest BCUT2D eigenvalue weighted by Crippen LogP contribution is -2.33. The Morgan fingerprint density at radius 2 is 1.66 bits per heavy atom. The highest BCUT2D eigenvalue weighted by molar-refractivity contribution is 6.04. The number of benzene rings is 2. The molecule has 1 aliphatic heterocycles. The zero-order valence-electron chi connectivity index (χ0n) is 17.9. The number of nitrogens with zero attached hydrogens (tertiary/aromatic N) is 1. The van der Waals surface area contributed by atoms with Crippen molar-refractivity contribution >= 4 is 29.0 Å². The molecule has 0 unspecified atom stereocenters. The lowest BCUT2D eigenvalue weighted by molar-refractivity contribution is -0.137. The van der Waals surface area contributed by atoms with Crippen LogP contribution >= 0.6 is 0 Å². The largest absolute Gasteiger partial charge is 0.416 e. The van der Waals surface area contributed by atoms with Crippen molar-refractivity contribution in [2.24, 2.45) is 0 Å². The van der Waals surface area contributed by atoms with Crippen molar-refractivity contribution in [1.82, 2.24) is 5.32 Å². The van der Waals surface area contributed by atoms with Crippen LogP contribution in [-0.4, -0.2) is 31.6 Å². The third-order valence-electron chi connectivity index (χ3n) is 5.18. The van der Waals surface area contributed by atoms with E-state index < -0.39 is 17.8 Å². The number of urea groups is 1. The van der Waals surface area contributed by atoms with E-state index in [2.05, 4.69) is 20.9 Å². The number of alkyl halides is 3. The maximum atomic E-state index is 12.9. The van der Waals surface area contributed by atoms with Crippen molar-refractivity contribution in [1.29, 1.82) is 0 Å². The van der Waals surface area contributed by atoms with E-state index in [1.165, 1.54) is 12.1 Å². The number of hydrogen-bond acceptors (Lipinski definition) is 3. The maximum absolute atomic E-state index is 12.9. The van der Waals surface area contributed by atoms with E-state index in [1.807, 2.05) is 6.92 Å². The minimum atomic E-state index is -4.50. The maximum Gasteiger partial charge on any atom is 0.416 e. The molecule has 1 aliphatic rings. The number of halogens is 3. The molecule has 0 radical (unpaired) electrons.